The van der Waals surface area contributed by atoms with Gasteiger partial charge in [0.05, 0.1) is 6.61 Å². The Morgan fingerprint density at radius 2 is 0.667 bits per heavy atom. The van der Waals surface area contributed by atoms with Crippen molar-refractivity contribution < 1.29 is 24.2 Å². The highest BCUT2D eigenvalue weighted by Crippen LogP contribution is 2.14. The molecule has 1 N–H and O–H groups in total. The molecule has 0 bridgehead atoms. The highest BCUT2D eigenvalue weighted by atomic mass is 16.6. The second-order valence-electron chi connectivity index (χ2n) is 15.4. The van der Waals surface area contributed by atoms with Crippen LogP contribution in [-0.2, 0) is 19.1 Å². The third kappa shape index (κ3) is 47.0. The van der Waals surface area contributed by atoms with Gasteiger partial charge in [-0.25, -0.2) is 0 Å². The van der Waals surface area contributed by atoms with Crippen LogP contribution in [0.25, 0.3) is 0 Å². The van der Waals surface area contributed by atoms with Gasteiger partial charge in [-0.15, -0.1) is 0 Å². The molecule has 0 aliphatic carbocycles. The van der Waals surface area contributed by atoms with E-state index in [-0.39, 0.29) is 25.2 Å². The molecule has 0 aromatic rings. The van der Waals surface area contributed by atoms with E-state index in [0.29, 0.717) is 12.8 Å². The number of allylic oxidation sites excluding steroid dienone is 20. The first-order chi connectivity index (χ1) is 29.6. The number of ether oxygens (including phenoxy) is 2. The zero-order valence-corrected chi connectivity index (χ0v) is 38.4. The Morgan fingerprint density at radius 3 is 1.03 bits per heavy atom. The summed E-state index contributed by atoms with van der Waals surface area (Å²) >= 11 is 0. The topological polar surface area (TPSA) is 72.8 Å². The van der Waals surface area contributed by atoms with E-state index in [0.717, 1.165) is 103 Å². The van der Waals surface area contributed by atoms with Gasteiger partial charge in [-0.1, -0.05) is 200 Å². The maximum absolute atomic E-state index is 12.2. The van der Waals surface area contributed by atoms with Crippen LogP contribution in [0.4, 0.5) is 0 Å². The van der Waals surface area contributed by atoms with E-state index in [1.807, 2.05) is 0 Å². The minimum Gasteiger partial charge on any atom is -0.462 e. The van der Waals surface area contributed by atoms with E-state index in [2.05, 4.69) is 135 Å². The second-order valence-corrected chi connectivity index (χ2v) is 15.4. The van der Waals surface area contributed by atoms with Crippen LogP contribution in [0.15, 0.2) is 122 Å². The van der Waals surface area contributed by atoms with Crippen molar-refractivity contribution >= 4 is 11.9 Å². The predicted molar refractivity (Wildman–Crippen MR) is 260 cm³/mol. The van der Waals surface area contributed by atoms with Crippen molar-refractivity contribution in [3.8, 4) is 0 Å². The molecule has 1 atom stereocenters. The summed E-state index contributed by atoms with van der Waals surface area (Å²) in [5.74, 6) is -0.652. The summed E-state index contributed by atoms with van der Waals surface area (Å²) < 4.78 is 10.6. The Hall–Kier alpha value is -3.70. The van der Waals surface area contributed by atoms with Crippen LogP contribution < -0.4 is 0 Å². The minimum atomic E-state index is -0.805. The summed E-state index contributed by atoms with van der Waals surface area (Å²) in [5.41, 5.74) is 0. The summed E-state index contributed by atoms with van der Waals surface area (Å²) in [5, 5.41) is 9.61. The number of aliphatic hydroxyl groups is 1. The first-order valence-electron chi connectivity index (χ1n) is 24.1. The number of rotatable bonds is 42. The van der Waals surface area contributed by atoms with Gasteiger partial charge >= 0.3 is 11.9 Å². The molecule has 0 saturated carbocycles. The monoisotopic (exact) mass is 829 g/mol. The standard InChI is InChI=1S/C55H88O5/c1-3-5-7-9-11-13-15-17-19-21-23-25-26-27-28-30-31-33-35-37-39-41-43-45-47-49-54(57)59-52-53(51-56)60-55(58)50-48-46-44-42-40-38-36-34-32-29-24-22-20-18-16-14-12-10-8-6-4-2/h5-8,11-14,17-20,23-25,29,34,36,40,42,53,56H,3-4,9-10,15-16,21-22,26-28,30-33,35,37-39,41,43-52H2,1-2H3/b7-5-,8-6-,13-11-,14-12-,19-17-,20-18-,25-23-,29-24-,36-34-,42-40-. The molecule has 338 valence electrons. The van der Waals surface area contributed by atoms with Crippen LogP contribution in [-0.4, -0.2) is 36.4 Å². The molecule has 0 spiro atoms. The molecule has 0 fully saturated rings. The lowest BCUT2D eigenvalue weighted by molar-refractivity contribution is -0.161. The smallest absolute Gasteiger partial charge is 0.306 e. The van der Waals surface area contributed by atoms with Gasteiger partial charge in [0, 0.05) is 12.8 Å². The van der Waals surface area contributed by atoms with Crippen LogP contribution in [0, 0.1) is 0 Å². The van der Waals surface area contributed by atoms with E-state index in [1.165, 1.54) is 64.2 Å². The number of hydrogen-bond acceptors (Lipinski definition) is 5. The molecule has 5 nitrogen and oxygen atoms in total. The summed E-state index contributed by atoms with van der Waals surface area (Å²) in [4.78, 5) is 24.4. The fraction of sp³-hybridized carbons (Fsp3) is 0.600. The first-order valence-corrected chi connectivity index (χ1v) is 24.1. The van der Waals surface area contributed by atoms with Crippen molar-refractivity contribution in [1.82, 2.24) is 0 Å². The largest absolute Gasteiger partial charge is 0.462 e. The quantitative estimate of drug-likeness (QED) is 0.0377. The number of esters is 2. The predicted octanol–water partition coefficient (Wildman–Crippen LogP) is 16.0. The molecular weight excluding hydrogens is 741 g/mol. The zero-order chi connectivity index (χ0) is 43.5. The van der Waals surface area contributed by atoms with E-state index in [1.54, 1.807) is 0 Å². The van der Waals surface area contributed by atoms with Crippen molar-refractivity contribution in [2.75, 3.05) is 13.2 Å². The molecule has 60 heavy (non-hydrogen) atoms. The highest BCUT2D eigenvalue weighted by molar-refractivity contribution is 5.70. The lowest BCUT2D eigenvalue weighted by Gasteiger charge is -2.15. The molecule has 0 rings (SSSR count). The molecular formula is C55H88O5. The summed E-state index contributed by atoms with van der Waals surface area (Å²) in [6.45, 7) is 3.87. The maximum atomic E-state index is 12.2. The third-order valence-corrected chi connectivity index (χ3v) is 9.75. The molecule has 5 heteroatoms. The maximum Gasteiger partial charge on any atom is 0.306 e. The van der Waals surface area contributed by atoms with Gasteiger partial charge in [0.1, 0.15) is 6.61 Å². The lowest BCUT2D eigenvalue weighted by atomic mass is 10.0. The Labute approximate surface area is 369 Å². The van der Waals surface area contributed by atoms with Crippen LogP contribution >= 0.6 is 0 Å². The number of unbranched alkanes of at least 4 members (excludes halogenated alkanes) is 14. The zero-order valence-electron chi connectivity index (χ0n) is 38.4. The normalized spacial score (nSPS) is 13.3. The average molecular weight is 829 g/mol. The van der Waals surface area contributed by atoms with Crippen molar-refractivity contribution in [1.29, 1.82) is 0 Å². The Morgan fingerprint density at radius 1 is 0.383 bits per heavy atom. The number of carbonyl (C=O) groups is 2. The lowest BCUT2D eigenvalue weighted by Crippen LogP contribution is -2.28. The van der Waals surface area contributed by atoms with Crippen LogP contribution in [0.3, 0.4) is 0 Å². The molecule has 1 unspecified atom stereocenters. The second kappa shape index (κ2) is 49.7. The van der Waals surface area contributed by atoms with Gasteiger partial charge < -0.3 is 14.6 Å². The summed E-state index contributed by atoms with van der Waals surface area (Å²) in [6, 6.07) is 0. The molecule has 0 aliphatic heterocycles. The number of hydrogen-bond donors (Lipinski definition) is 1. The molecule has 0 radical (unpaired) electrons. The van der Waals surface area contributed by atoms with E-state index >= 15 is 0 Å². The van der Waals surface area contributed by atoms with Crippen LogP contribution in [0.5, 0.6) is 0 Å². The molecule has 0 amide bonds. The van der Waals surface area contributed by atoms with Crippen molar-refractivity contribution in [2.45, 2.75) is 200 Å². The van der Waals surface area contributed by atoms with Gasteiger partial charge in [-0.2, -0.15) is 0 Å². The number of carbonyl (C=O) groups excluding carboxylic acids is 2. The fourth-order valence-electron chi connectivity index (χ4n) is 6.19. The van der Waals surface area contributed by atoms with E-state index in [4.69, 9.17) is 9.47 Å². The van der Waals surface area contributed by atoms with Crippen LogP contribution in [0.2, 0.25) is 0 Å². The van der Waals surface area contributed by atoms with Gasteiger partial charge in [-0.05, 0) is 103 Å². The van der Waals surface area contributed by atoms with Crippen molar-refractivity contribution in [3.05, 3.63) is 122 Å². The molecule has 0 saturated heterocycles. The number of aliphatic hydroxyl groups excluding tert-OH is 1. The van der Waals surface area contributed by atoms with Gasteiger partial charge in [-0.3, -0.25) is 9.59 Å². The van der Waals surface area contributed by atoms with Crippen molar-refractivity contribution in [2.24, 2.45) is 0 Å². The SMILES string of the molecule is CC/C=C\C/C=C\C/C=C\C/C=C\C/C=C\C/C=C\CCCCC(=O)OC(CO)COC(=O)CCCCCCCCCCCCCC/C=C\C/C=C\C/C=C\C/C=C\CC. The summed E-state index contributed by atoms with van der Waals surface area (Å²) in [7, 11) is 0. The molecule has 0 aromatic carbocycles. The average Bonchev–Trinajstić information content (AvgIpc) is 3.25. The van der Waals surface area contributed by atoms with Gasteiger partial charge in [0.25, 0.3) is 0 Å². The van der Waals surface area contributed by atoms with Gasteiger partial charge in [0.15, 0.2) is 6.10 Å². The Bertz CT molecular complexity index is 1260. The minimum absolute atomic E-state index is 0.0924. The van der Waals surface area contributed by atoms with E-state index < -0.39 is 6.10 Å². The fourth-order valence-corrected chi connectivity index (χ4v) is 6.19. The highest BCUT2D eigenvalue weighted by Gasteiger charge is 2.16. The molecule has 0 aromatic heterocycles. The summed E-state index contributed by atoms with van der Waals surface area (Å²) in [6.07, 6.45) is 72.8. The van der Waals surface area contributed by atoms with Gasteiger partial charge in [0.2, 0.25) is 0 Å². The first kappa shape index (κ1) is 56.3. The molecule has 0 aliphatic rings. The van der Waals surface area contributed by atoms with Crippen LogP contribution in [0.1, 0.15) is 194 Å². The Balaban J connectivity index is 3.63. The van der Waals surface area contributed by atoms with Crippen molar-refractivity contribution in [3.63, 3.8) is 0 Å². The Kier molecular flexibility index (Phi) is 46.6. The van der Waals surface area contributed by atoms with E-state index in [9.17, 15) is 14.7 Å². The third-order valence-electron chi connectivity index (χ3n) is 9.75. The molecule has 0 heterocycles.